The molecule has 1 heterocycles. The van der Waals surface area contributed by atoms with Gasteiger partial charge in [-0.15, -0.1) is 0 Å². The highest BCUT2D eigenvalue weighted by atomic mass is 16.2. The fourth-order valence-corrected chi connectivity index (χ4v) is 3.90. The Hall–Kier alpha value is -1.51. The van der Waals surface area contributed by atoms with Gasteiger partial charge in [0.25, 0.3) is 0 Å². The van der Waals surface area contributed by atoms with Gasteiger partial charge in [0.05, 0.1) is 0 Å². The fraction of sp³-hybridized carbons (Fsp3) is 0.650. The number of anilines is 1. The van der Waals surface area contributed by atoms with Crippen molar-refractivity contribution in [2.75, 3.05) is 31.1 Å². The van der Waals surface area contributed by atoms with Crippen molar-refractivity contribution < 1.29 is 4.79 Å². The van der Waals surface area contributed by atoms with Gasteiger partial charge in [-0.1, -0.05) is 49.8 Å². The maximum atomic E-state index is 12.8. The van der Waals surface area contributed by atoms with Crippen LogP contribution in [0.1, 0.15) is 50.5 Å². The van der Waals surface area contributed by atoms with Gasteiger partial charge in [0.15, 0.2) is 0 Å². The van der Waals surface area contributed by atoms with E-state index in [2.05, 4.69) is 41.0 Å². The highest BCUT2D eigenvalue weighted by molar-refractivity contribution is 5.79. The van der Waals surface area contributed by atoms with Crippen LogP contribution in [0.4, 0.5) is 5.69 Å². The molecule has 0 aromatic heterocycles. The van der Waals surface area contributed by atoms with E-state index in [4.69, 9.17) is 0 Å². The largest absolute Gasteiger partial charge is 0.368 e. The average molecular weight is 314 g/mol. The molecule has 0 bridgehead atoms. The normalized spacial score (nSPS) is 20.9. The molecule has 126 valence electrons. The van der Waals surface area contributed by atoms with Gasteiger partial charge < -0.3 is 9.80 Å². The Morgan fingerprint density at radius 1 is 0.870 bits per heavy atom. The third kappa shape index (κ3) is 4.27. The molecule has 3 rings (SSSR count). The van der Waals surface area contributed by atoms with E-state index in [1.165, 1.54) is 43.4 Å². The quantitative estimate of drug-likeness (QED) is 0.823. The Morgan fingerprint density at radius 2 is 1.43 bits per heavy atom. The molecule has 0 radical (unpaired) electrons. The lowest BCUT2D eigenvalue weighted by molar-refractivity contribution is -0.136. The van der Waals surface area contributed by atoms with Gasteiger partial charge in [-0.05, 0) is 31.9 Å². The summed E-state index contributed by atoms with van der Waals surface area (Å²) in [5.41, 5.74) is 2.58. The Labute approximate surface area is 140 Å². The smallest absolute Gasteiger partial charge is 0.225 e. The van der Waals surface area contributed by atoms with Crippen LogP contribution in [0.15, 0.2) is 24.3 Å². The average Bonchev–Trinajstić information content (AvgIpc) is 2.55. The summed E-state index contributed by atoms with van der Waals surface area (Å²) in [5, 5.41) is 0. The Morgan fingerprint density at radius 3 is 2.04 bits per heavy atom. The van der Waals surface area contributed by atoms with Crippen LogP contribution in [-0.4, -0.2) is 37.0 Å². The van der Waals surface area contributed by atoms with Crippen LogP contribution >= 0.6 is 0 Å². The molecule has 1 aromatic carbocycles. The molecule has 0 unspecified atom stereocenters. The summed E-state index contributed by atoms with van der Waals surface area (Å²) in [4.78, 5) is 17.3. The molecule has 1 aliphatic heterocycles. The first-order chi connectivity index (χ1) is 11.2. The second-order valence-electron chi connectivity index (χ2n) is 7.19. The first-order valence-corrected chi connectivity index (χ1v) is 9.34. The van der Waals surface area contributed by atoms with E-state index in [1.54, 1.807) is 0 Å². The van der Waals surface area contributed by atoms with Gasteiger partial charge in [0, 0.05) is 37.8 Å². The van der Waals surface area contributed by atoms with E-state index in [0.29, 0.717) is 11.8 Å². The lowest BCUT2D eigenvalue weighted by Crippen LogP contribution is -2.50. The molecule has 1 saturated carbocycles. The number of amides is 1. The van der Waals surface area contributed by atoms with Crippen LogP contribution in [0, 0.1) is 12.8 Å². The monoisotopic (exact) mass is 314 g/mol. The molecule has 3 heteroatoms. The molecule has 2 aliphatic rings. The van der Waals surface area contributed by atoms with Gasteiger partial charge in [0.1, 0.15) is 0 Å². The van der Waals surface area contributed by atoms with Crippen molar-refractivity contribution in [3.8, 4) is 0 Å². The summed E-state index contributed by atoms with van der Waals surface area (Å²) in [5.74, 6) is 0.719. The Bertz CT molecular complexity index is 495. The zero-order valence-electron chi connectivity index (χ0n) is 14.5. The van der Waals surface area contributed by atoms with Crippen molar-refractivity contribution in [1.82, 2.24) is 4.90 Å². The van der Waals surface area contributed by atoms with E-state index in [9.17, 15) is 4.79 Å². The van der Waals surface area contributed by atoms with Gasteiger partial charge in [-0.3, -0.25) is 4.79 Å². The maximum Gasteiger partial charge on any atom is 0.225 e. The van der Waals surface area contributed by atoms with E-state index in [-0.39, 0.29) is 0 Å². The van der Waals surface area contributed by atoms with Crippen molar-refractivity contribution in [3.05, 3.63) is 29.8 Å². The number of benzene rings is 1. The van der Waals surface area contributed by atoms with E-state index >= 15 is 0 Å². The van der Waals surface area contributed by atoms with Crippen molar-refractivity contribution in [2.24, 2.45) is 5.92 Å². The van der Waals surface area contributed by atoms with Crippen LogP contribution in [-0.2, 0) is 4.79 Å². The van der Waals surface area contributed by atoms with Crippen molar-refractivity contribution in [2.45, 2.75) is 51.9 Å². The second kappa shape index (κ2) is 7.85. The third-order valence-corrected chi connectivity index (χ3v) is 5.44. The van der Waals surface area contributed by atoms with Gasteiger partial charge in [-0.25, -0.2) is 0 Å². The van der Waals surface area contributed by atoms with Gasteiger partial charge in [0.2, 0.25) is 5.91 Å². The number of hydrogen-bond donors (Lipinski definition) is 0. The van der Waals surface area contributed by atoms with Crippen molar-refractivity contribution in [1.29, 1.82) is 0 Å². The molecule has 1 saturated heterocycles. The first kappa shape index (κ1) is 16.4. The Balaban J connectivity index is 1.53. The topological polar surface area (TPSA) is 23.6 Å². The van der Waals surface area contributed by atoms with E-state index in [0.717, 1.165) is 39.0 Å². The summed E-state index contributed by atoms with van der Waals surface area (Å²) in [6.07, 6.45) is 8.67. The molecule has 2 fully saturated rings. The number of carbonyl (C=O) groups is 1. The van der Waals surface area contributed by atoms with Gasteiger partial charge in [-0.2, -0.15) is 0 Å². The predicted octanol–water partition coefficient (Wildman–Crippen LogP) is 4.00. The van der Waals surface area contributed by atoms with Crippen molar-refractivity contribution in [3.63, 3.8) is 0 Å². The standard InChI is InChI=1S/C20H30N2O/c1-17-9-11-19(12-10-17)21-13-15-22(16-14-21)20(23)18-7-5-3-2-4-6-8-18/h9-12,18H,2-8,13-16H2,1H3. The summed E-state index contributed by atoms with van der Waals surface area (Å²) in [6.45, 7) is 5.80. The SMILES string of the molecule is Cc1ccc(N2CCN(C(=O)C3CCCCCCC3)CC2)cc1. The van der Waals surface area contributed by atoms with Crippen molar-refractivity contribution >= 4 is 11.6 Å². The summed E-state index contributed by atoms with van der Waals surface area (Å²) in [6, 6.07) is 8.73. The minimum atomic E-state index is 0.293. The number of piperazine rings is 1. The zero-order chi connectivity index (χ0) is 16.1. The number of carbonyl (C=O) groups excluding carboxylic acids is 1. The molecule has 23 heavy (non-hydrogen) atoms. The number of rotatable bonds is 2. The molecule has 3 nitrogen and oxygen atoms in total. The van der Waals surface area contributed by atoms with E-state index < -0.39 is 0 Å². The second-order valence-corrected chi connectivity index (χ2v) is 7.19. The van der Waals surface area contributed by atoms with Crippen LogP contribution in [0.2, 0.25) is 0 Å². The zero-order valence-corrected chi connectivity index (χ0v) is 14.5. The van der Waals surface area contributed by atoms with Crippen LogP contribution in [0.25, 0.3) is 0 Å². The lowest BCUT2D eigenvalue weighted by atomic mass is 9.90. The minimum Gasteiger partial charge on any atom is -0.368 e. The molecule has 0 spiro atoms. The lowest BCUT2D eigenvalue weighted by Gasteiger charge is -2.38. The Kier molecular flexibility index (Phi) is 5.58. The highest BCUT2D eigenvalue weighted by Crippen LogP contribution is 2.25. The minimum absolute atomic E-state index is 0.293. The van der Waals surface area contributed by atoms with E-state index in [1.807, 2.05) is 0 Å². The highest BCUT2D eigenvalue weighted by Gasteiger charge is 2.27. The molecule has 1 aromatic rings. The molecular weight excluding hydrogens is 284 g/mol. The van der Waals surface area contributed by atoms with Gasteiger partial charge >= 0.3 is 0 Å². The maximum absolute atomic E-state index is 12.8. The van der Waals surface area contributed by atoms with Crippen LogP contribution in [0.3, 0.4) is 0 Å². The summed E-state index contributed by atoms with van der Waals surface area (Å²) < 4.78 is 0. The molecule has 0 N–H and O–H groups in total. The van der Waals surface area contributed by atoms with Crippen LogP contribution < -0.4 is 4.90 Å². The fourth-order valence-electron chi connectivity index (χ4n) is 3.90. The number of hydrogen-bond acceptors (Lipinski definition) is 2. The summed E-state index contributed by atoms with van der Waals surface area (Å²) >= 11 is 0. The molecule has 0 atom stereocenters. The predicted molar refractivity (Wildman–Crippen MR) is 95.8 cm³/mol. The number of aryl methyl sites for hydroxylation is 1. The number of nitrogens with zero attached hydrogens (tertiary/aromatic N) is 2. The third-order valence-electron chi connectivity index (χ3n) is 5.44. The molecule has 1 aliphatic carbocycles. The first-order valence-electron chi connectivity index (χ1n) is 9.34. The molecular formula is C20H30N2O. The van der Waals surface area contributed by atoms with Crippen LogP contribution in [0.5, 0.6) is 0 Å². The molecule has 1 amide bonds. The summed E-state index contributed by atoms with van der Waals surface area (Å²) in [7, 11) is 0.